The molecule has 1 amide bonds. The Bertz CT molecular complexity index is 462. The van der Waals surface area contributed by atoms with Crippen molar-refractivity contribution in [1.29, 1.82) is 0 Å². The molecule has 0 atom stereocenters. The Labute approximate surface area is 162 Å². The minimum atomic E-state index is -0.654. The van der Waals surface area contributed by atoms with Gasteiger partial charge in [0.1, 0.15) is 0 Å². The van der Waals surface area contributed by atoms with Crippen LogP contribution in [0, 0.1) is 0 Å². The number of piperazine rings is 1. The van der Waals surface area contributed by atoms with E-state index in [1.54, 1.807) is 0 Å². The zero-order valence-electron chi connectivity index (χ0n) is 14.7. The van der Waals surface area contributed by atoms with Crippen LogP contribution < -0.4 is 5.32 Å². The number of hydrogen-bond acceptors (Lipinski definition) is 3. The molecule has 7 heteroatoms. The highest BCUT2D eigenvalue weighted by Gasteiger charge is 2.36. The lowest BCUT2D eigenvalue weighted by atomic mass is 9.85. The molecular weight excluding hydrogens is 419 g/mol. The van der Waals surface area contributed by atoms with Gasteiger partial charge in [0.25, 0.3) is 0 Å². The number of aliphatic hydroxyl groups is 1. The summed E-state index contributed by atoms with van der Waals surface area (Å²) in [4.78, 5) is 21.0. The SMILES string of the molecule is CCNC(=NCC1(O)CCCCC1)N1CCN(C2CC2)C(=O)C1.I. The monoisotopic (exact) mass is 450 g/mol. The third-order valence-electron chi connectivity index (χ3n) is 5.19. The van der Waals surface area contributed by atoms with Crippen molar-refractivity contribution < 1.29 is 9.90 Å². The van der Waals surface area contributed by atoms with Crippen molar-refractivity contribution in [3.8, 4) is 0 Å². The van der Waals surface area contributed by atoms with Gasteiger partial charge >= 0.3 is 0 Å². The molecular formula is C17H31IN4O2. The number of guanidine groups is 1. The van der Waals surface area contributed by atoms with Gasteiger partial charge in [0.2, 0.25) is 5.91 Å². The second kappa shape index (κ2) is 8.69. The van der Waals surface area contributed by atoms with Crippen LogP contribution in [0.4, 0.5) is 0 Å². The van der Waals surface area contributed by atoms with E-state index in [4.69, 9.17) is 0 Å². The predicted molar refractivity (Wildman–Crippen MR) is 106 cm³/mol. The van der Waals surface area contributed by atoms with Gasteiger partial charge in [0.05, 0.1) is 18.7 Å². The fourth-order valence-corrected chi connectivity index (χ4v) is 3.66. The number of aliphatic imine (C=N–C) groups is 1. The first kappa shape index (κ1) is 19.8. The van der Waals surface area contributed by atoms with Gasteiger partial charge < -0.3 is 20.2 Å². The average Bonchev–Trinajstić information content (AvgIpc) is 3.37. The van der Waals surface area contributed by atoms with E-state index >= 15 is 0 Å². The summed E-state index contributed by atoms with van der Waals surface area (Å²) < 4.78 is 0. The molecule has 0 radical (unpaired) electrons. The first-order valence-electron chi connectivity index (χ1n) is 9.16. The van der Waals surface area contributed by atoms with Crippen molar-refractivity contribution in [1.82, 2.24) is 15.1 Å². The Morgan fingerprint density at radius 3 is 2.58 bits per heavy atom. The average molecular weight is 450 g/mol. The highest BCUT2D eigenvalue weighted by atomic mass is 127. The number of amides is 1. The van der Waals surface area contributed by atoms with Crippen molar-refractivity contribution in [2.75, 3.05) is 32.7 Å². The molecule has 0 bridgehead atoms. The van der Waals surface area contributed by atoms with Crippen LogP contribution in [-0.2, 0) is 4.79 Å². The van der Waals surface area contributed by atoms with Crippen molar-refractivity contribution >= 4 is 35.8 Å². The number of nitrogens with one attached hydrogen (secondary N) is 1. The number of carbonyl (C=O) groups is 1. The summed E-state index contributed by atoms with van der Waals surface area (Å²) >= 11 is 0. The summed E-state index contributed by atoms with van der Waals surface area (Å²) in [5.74, 6) is 0.982. The molecule has 6 nitrogen and oxygen atoms in total. The lowest BCUT2D eigenvalue weighted by Gasteiger charge is -2.37. The molecule has 3 fully saturated rings. The largest absolute Gasteiger partial charge is 0.388 e. The fraction of sp³-hybridized carbons (Fsp3) is 0.882. The number of carbonyl (C=O) groups excluding carboxylic acids is 1. The Balaban J connectivity index is 0.00000208. The first-order valence-corrected chi connectivity index (χ1v) is 9.16. The molecule has 1 saturated heterocycles. The van der Waals surface area contributed by atoms with Crippen LogP contribution in [0.25, 0.3) is 0 Å². The molecule has 0 unspecified atom stereocenters. The van der Waals surface area contributed by atoms with Crippen LogP contribution in [0.2, 0.25) is 0 Å². The van der Waals surface area contributed by atoms with Gasteiger partial charge in [-0.05, 0) is 32.6 Å². The predicted octanol–water partition coefficient (Wildman–Crippen LogP) is 1.57. The van der Waals surface area contributed by atoms with Gasteiger partial charge in [-0.1, -0.05) is 19.3 Å². The van der Waals surface area contributed by atoms with E-state index in [1.807, 2.05) is 16.7 Å². The van der Waals surface area contributed by atoms with E-state index in [9.17, 15) is 9.90 Å². The van der Waals surface area contributed by atoms with E-state index in [0.29, 0.717) is 19.1 Å². The second-order valence-electron chi connectivity index (χ2n) is 7.20. The van der Waals surface area contributed by atoms with Gasteiger partial charge in [-0.15, -0.1) is 24.0 Å². The van der Waals surface area contributed by atoms with Crippen molar-refractivity contribution in [3.63, 3.8) is 0 Å². The number of hydrogen-bond donors (Lipinski definition) is 2. The van der Waals surface area contributed by atoms with Crippen LogP contribution in [0.5, 0.6) is 0 Å². The normalized spacial score (nSPS) is 24.6. The summed E-state index contributed by atoms with van der Waals surface area (Å²) in [5.41, 5.74) is -0.654. The molecule has 1 heterocycles. The molecule has 3 rings (SSSR count). The van der Waals surface area contributed by atoms with Crippen molar-refractivity contribution in [3.05, 3.63) is 0 Å². The van der Waals surface area contributed by atoms with E-state index in [2.05, 4.69) is 10.3 Å². The maximum absolute atomic E-state index is 12.3. The summed E-state index contributed by atoms with van der Waals surface area (Å²) in [7, 11) is 0. The zero-order chi connectivity index (χ0) is 16.3. The van der Waals surface area contributed by atoms with Gasteiger partial charge in [0, 0.05) is 25.7 Å². The van der Waals surface area contributed by atoms with Gasteiger partial charge in [0.15, 0.2) is 5.96 Å². The molecule has 0 aromatic rings. The standard InChI is InChI=1S/C17H30N4O2.HI/c1-2-18-16(19-13-17(23)8-4-3-5-9-17)20-10-11-21(14-6-7-14)15(22)12-20;/h14,23H,2-13H2,1H3,(H,18,19);1H. The highest BCUT2D eigenvalue weighted by molar-refractivity contribution is 14.0. The smallest absolute Gasteiger partial charge is 0.242 e. The molecule has 2 N–H and O–H groups in total. The second-order valence-corrected chi connectivity index (χ2v) is 7.20. The van der Waals surface area contributed by atoms with Crippen LogP contribution in [0.15, 0.2) is 4.99 Å². The number of nitrogens with zero attached hydrogens (tertiary/aromatic N) is 3. The summed E-state index contributed by atoms with van der Waals surface area (Å²) in [6.45, 7) is 5.26. The lowest BCUT2D eigenvalue weighted by Crippen LogP contribution is -2.56. The molecule has 0 aromatic heterocycles. The Morgan fingerprint density at radius 1 is 1.29 bits per heavy atom. The van der Waals surface area contributed by atoms with Crippen LogP contribution in [0.3, 0.4) is 0 Å². The molecule has 0 aromatic carbocycles. The van der Waals surface area contributed by atoms with E-state index in [0.717, 1.165) is 64.1 Å². The molecule has 0 spiro atoms. The minimum absolute atomic E-state index is 0. The Kier molecular flexibility index (Phi) is 7.15. The quantitative estimate of drug-likeness (QED) is 0.388. The maximum atomic E-state index is 12.3. The Hall–Kier alpha value is -0.570. The highest BCUT2D eigenvalue weighted by Crippen LogP contribution is 2.29. The molecule has 1 aliphatic heterocycles. The number of rotatable bonds is 4. The van der Waals surface area contributed by atoms with Gasteiger partial charge in [-0.25, -0.2) is 0 Å². The van der Waals surface area contributed by atoms with E-state index in [-0.39, 0.29) is 29.9 Å². The van der Waals surface area contributed by atoms with Crippen LogP contribution in [-0.4, -0.2) is 71.1 Å². The fourth-order valence-electron chi connectivity index (χ4n) is 3.66. The molecule has 24 heavy (non-hydrogen) atoms. The van der Waals surface area contributed by atoms with Gasteiger partial charge in [-0.3, -0.25) is 9.79 Å². The van der Waals surface area contributed by atoms with Crippen molar-refractivity contribution in [2.24, 2.45) is 4.99 Å². The van der Waals surface area contributed by atoms with Crippen molar-refractivity contribution in [2.45, 2.75) is 63.5 Å². The zero-order valence-corrected chi connectivity index (χ0v) is 17.0. The summed E-state index contributed by atoms with van der Waals surface area (Å²) in [5, 5.41) is 13.9. The van der Waals surface area contributed by atoms with Gasteiger partial charge in [-0.2, -0.15) is 0 Å². The topological polar surface area (TPSA) is 68.2 Å². The first-order chi connectivity index (χ1) is 11.1. The van der Waals surface area contributed by atoms with E-state index < -0.39 is 5.60 Å². The third kappa shape index (κ3) is 4.97. The molecule has 3 aliphatic rings. The Morgan fingerprint density at radius 2 is 2.00 bits per heavy atom. The minimum Gasteiger partial charge on any atom is -0.388 e. The molecule has 2 aliphatic carbocycles. The van der Waals surface area contributed by atoms with E-state index in [1.165, 1.54) is 6.42 Å². The summed E-state index contributed by atoms with van der Waals surface area (Å²) in [6, 6.07) is 0.493. The number of halogens is 1. The summed E-state index contributed by atoms with van der Waals surface area (Å²) in [6.07, 6.45) is 7.38. The third-order valence-corrected chi connectivity index (χ3v) is 5.19. The lowest BCUT2D eigenvalue weighted by molar-refractivity contribution is -0.135. The van der Waals surface area contributed by atoms with Crippen LogP contribution in [0.1, 0.15) is 51.9 Å². The molecule has 138 valence electrons. The van der Waals surface area contributed by atoms with Crippen LogP contribution >= 0.6 is 24.0 Å². The maximum Gasteiger partial charge on any atom is 0.242 e. The molecule has 2 saturated carbocycles.